The number of hydrogen-bond donors (Lipinski definition) is 1. The molecule has 1 atom stereocenters. The molecule has 0 fully saturated rings. The number of carbonyl (C=O) groups is 2. The summed E-state index contributed by atoms with van der Waals surface area (Å²) in [4.78, 5) is 24.7. The second-order valence-electron chi connectivity index (χ2n) is 5.50. The van der Waals surface area contributed by atoms with Crippen LogP contribution in [0.4, 0.5) is 5.69 Å². The molecule has 3 rings (SSSR count). The number of carboxylic acids is 1. The number of aryl methyl sites for hydroxylation is 1. The van der Waals surface area contributed by atoms with Crippen molar-refractivity contribution in [2.75, 3.05) is 11.4 Å². The number of nitrogens with zero attached hydrogens (tertiary/aromatic N) is 1. The maximum Gasteiger partial charge on any atom is 0.306 e. The minimum atomic E-state index is -0.758. The first kappa shape index (κ1) is 12.2. The van der Waals surface area contributed by atoms with Gasteiger partial charge in [-0.25, -0.2) is 0 Å². The third-order valence-electron chi connectivity index (χ3n) is 4.07. The van der Waals surface area contributed by atoms with Crippen LogP contribution in [-0.4, -0.2) is 23.5 Å². The van der Waals surface area contributed by atoms with Crippen LogP contribution in [0.1, 0.15) is 30.0 Å². The Labute approximate surface area is 112 Å². The summed E-state index contributed by atoms with van der Waals surface area (Å²) >= 11 is 0. The first-order chi connectivity index (χ1) is 9.06. The first-order valence-corrected chi connectivity index (χ1v) is 6.74. The highest BCUT2D eigenvalue weighted by Gasteiger charge is 2.31. The summed E-state index contributed by atoms with van der Waals surface area (Å²) < 4.78 is 0. The summed E-state index contributed by atoms with van der Waals surface area (Å²) in [6, 6.07) is 4.17. The van der Waals surface area contributed by atoms with Crippen LogP contribution < -0.4 is 4.90 Å². The van der Waals surface area contributed by atoms with Gasteiger partial charge in [0, 0.05) is 13.0 Å². The van der Waals surface area contributed by atoms with Crippen molar-refractivity contribution in [3.05, 3.63) is 28.8 Å². The van der Waals surface area contributed by atoms with Gasteiger partial charge in [-0.05, 0) is 36.0 Å². The minimum Gasteiger partial charge on any atom is -0.481 e. The van der Waals surface area contributed by atoms with Crippen LogP contribution in [0.2, 0.25) is 0 Å². The van der Waals surface area contributed by atoms with E-state index in [1.807, 2.05) is 4.90 Å². The van der Waals surface area contributed by atoms with Crippen molar-refractivity contribution < 1.29 is 14.7 Å². The summed E-state index contributed by atoms with van der Waals surface area (Å²) in [6.45, 7) is 2.51. The summed E-state index contributed by atoms with van der Waals surface area (Å²) in [5.74, 6) is -0.906. The number of anilines is 1. The molecule has 100 valence electrons. The van der Waals surface area contributed by atoms with Crippen molar-refractivity contribution in [1.29, 1.82) is 0 Å². The molecule has 0 aliphatic carbocycles. The topological polar surface area (TPSA) is 57.6 Å². The van der Waals surface area contributed by atoms with Crippen molar-refractivity contribution in [3.63, 3.8) is 0 Å². The molecule has 2 aliphatic rings. The lowest BCUT2D eigenvalue weighted by atomic mass is 9.93. The molecule has 19 heavy (non-hydrogen) atoms. The van der Waals surface area contributed by atoms with E-state index in [2.05, 4.69) is 12.1 Å². The lowest BCUT2D eigenvalue weighted by Crippen LogP contribution is -2.32. The number of carbonyl (C=O) groups excluding carboxylic acids is 1. The first-order valence-electron chi connectivity index (χ1n) is 6.74. The minimum absolute atomic E-state index is 0.220. The molecule has 0 spiro atoms. The van der Waals surface area contributed by atoms with Crippen LogP contribution in [0.5, 0.6) is 0 Å². The Balaban J connectivity index is 1.95. The van der Waals surface area contributed by atoms with Crippen LogP contribution in [0.25, 0.3) is 0 Å². The van der Waals surface area contributed by atoms with E-state index in [9.17, 15) is 9.59 Å². The normalized spacial score (nSPS) is 18.4. The maximum atomic E-state index is 11.8. The standard InChI is InChI=1S/C15H17NO3/c1-9(15(18)19)6-10-7-11-2-3-13(17)16-5-4-12(8-10)14(11)16/h7-9H,2-6H2,1H3,(H,18,19). The average Bonchev–Trinajstić information content (AvgIpc) is 2.79. The molecule has 4 nitrogen and oxygen atoms in total. The van der Waals surface area contributed by atoms with E-state index in [4.69, 9.17) is 5.11 Å². The monoisotopic (exact) mass is 259 g/mol. The van der Waals surface area contributed by atoms with Crippen molar-refractivity contribution in [2.45, 2.75) is 32.6 Å². The molecule has 0 radical (unpaired) electrons. The van der Waals surface area contributed by atoms with Gasteiger partial charge in [-0.2, -0.15) is 0 Å². The van der Waals surface area contributed by atoms with Gasteiger partial charge in [0.15, 0.2) is 0 Å². The van der Waals surface area contributed by atoms with Crippen molar-refractivity contribution in [2.24, 2.45) is 5.92 Å². The lowest BCUT2D eigenvalue weighted by molar-refractivity contribution is -0.141. The lowest BCUT2D eigenvalue weighted by Gasteiger charge is -2.26. The summed E-state index contributed by atoms with van der Waals surface area (Å²) in [5.41, 5.74) is 4.60. The van der Waals surface area contributed by atoms with Gasteiger partial charge < -0.3 is 10.0 Å². The zero-order valence-corrected chi connectivity index (χ0v) is 11.0. The molecule has 1 aromatic rings. The molecule has 1 amide bonds. The van der Waals surface area contributed by atoms with E-state index in [0.29, 0.717) is 12.8 Å². The molecular formula is C15H17NO3. The summed E-state index contributed by atoms with van der Waals surface area (Å²) in [5, 5.41) is 9.00. The molecule has 4 heteroatoms. The zero-order valence-electron chi connectivity index (χ0n) is 11.0. The van der Waals surface area contributed by atoms with Gasteiger partial charge in [-0.15, -0.1) is 0 Å². The van der Waals surface area contributed by atoms with E-state index in [-0.39, 0.29) is 11.8 Å². The number of aliphatic carboxylic acids is 1. The van der Waals surface area contributed by atoms with E-state index in [0.717, 1.165) is 30.6 Å². The van der Waals surface area contributed by atoms with Gasteiger partial charge in [0.05, 0.1) is 11.6 Å². The third kappa shape index (κ3) is 2.01. The molecular weight excluding hydrogens is 242 g/mol. The van der Waals surface area contributed by atoms with E-state index < -0.39 is 5.97 Å². The Hall–Kier alpha value is -1.84. The smallest absolute Gasteiger partial charge is 0.306 e. The highest BCUT2D eigenvalue weighted by atomic mass is 16.4. The van der Waals surface area contributed by atoms with Crippen LogP contribution in [-0.2, 0) is 28.9 Å². The van der Waals surface area contributed by atoms with E-state index in [1.165, 1.54) is 11.1 Å². The largest absolute Gasteiger partial charge is 0.481 e. The van der Waals surface area contributed by atoms with Gasteiger partial charge in [0.25, 0.3) is 0 Å². The Morgan fingerprint density at radius 1 is 1.32 bits per heavy atom. The molecule has 2 heterocycles. The SMILES string of the molecule is CC(Cc1cc2c3c(c1)CCN3C(=O)CC2)C(=O)O. The van der Waals surface area contributed by atoms with Crippen molar-refractivity contribution >= 4 is 17.6 Å². The fourth-order valence-electron chi connectivity index (χ4n) is 3.09. The van der Waals surface area contributed by atoms with E-state index in [1.54, 1.807) is 6.92 Å². The van der Waals surface area contributed by atoms with Gasteiger partial charge in [-0.3, -0.25) is 9.59 Å². The van der Waals surface area contributed by atoms with Gasteiger partial charge in [-0.1, -0.05) is 19.1 Å². The third-order valence-corrected chi connectivity index (χ3v) is 4.07. The predicted octanol–water partition coefficient (Wildman–Crippen LogP) is 1.79. The Morgan fingerprint density at radius 2 is 2.00 bits per heavy atom. The molecule has 0 aromatic heterocycles. The van der Waals surface area contributed by atoms with Crippen molar-refractivity contribution in [3.8, 4) is 0 Å². The fraction of sp³-hybridized carbons (Fsp3) is 0.467. The second-order valence-corrected chi connectivity index (χ2v) is 5.50. The molecule has 1 unspecified atom stereocenters. The number of benzene rings is 1. The van der Waals surface area contributed by atoms with Gasteiger partial charge >= 0.3 is 5.97 Å². The number of carboxylic acid groups (broad SMARTS) is 1. The quantitative estimate of drug-likeness (QED) is 0.900. The maximum absolute atomic E-state index is 11.8. The van der Waals surface area contributed by atoms with Gasteiger partial charge in [0.1, 0.15) is 0 Å². The Kier molecular flexibility index (Phi) is 2.81. The number of rotatable bonds is 3. The van der Waals surface area contributed by atoms with E-state index >= 15 is 0 Å². The average molecular weight is 259 g/mol. The second kappa shape index (κ2) is 4.37. The molecule has 0 bridgehead atoms. The number of hydrogen-bond acceptors (Lipinski definition) is 2. The predicted molar refractivity (Wildman–Crippen MR) is 71.3 cm³/mol. The molecule has 2 aliphatic heterocycles. The molecule has 1 N–H and O–H groups in total. The molecule has 1 aromatic carbocycles. The van der Waals surface area contributed by atoms with Crippen molar-refractivity contribution in [1.82, 2.24) is 0 Å². The number of amides is 1. The fourth-order valence-corrected chi connectivity index (χ4v) is 3.09. The zero-order chi connectivity index (χ0) is 13.6. The van der Waals surface area contributed by atoms with Crippen LogP contribution in [0.15, 0.2) is 12.1 Å². The summed E-state index contributed by atoms with van der Waals surface area (Å²) in [7, 11) is 0. The Bertz CT molecular complexity index is 565. The highest BCUT2D eigenvalue weighted by Crippen LogP contribution is 2.37. The summed E-state index contributed by atoms with van der Waals surface area (Å²) in [6.07, 6.45) is 2.81. The van der Waals surface area contributed by atoms with Crippen LogP contribution in [0.3, 0.4) is 0 Å². The van der Waals surface area contributed by atoms with Crippen LogP contribution >= 0.6 is 0 Å². The Morgan fingerprint density at radius 3 is 2.68 bits per heavy atom. The highest BCUT2D eigenvalue weighted by molar-refractivity contribution is 5.98. The van der Waals surface area contributed by atoms with Gasteiger partial charge in [0.2, 0.25) is 5.91 Å². The molecule has 0 saturated heterocycles. The van der Waals surface area contributed by atoms with Crippen LogP contribution in [0, 0.1) is 5.92 Å². The molecule has 0 saturated carbocycles.